The van der Waals surface area contributed by atoms with Crippen molar-refractivity contribution >= 4 is 22.4 Å². The van der Waals surface area contributed by atoms with E-state index < -0.39 is 0 Å². The first-order chi connectivity index (χ1) is 8.74. The standard InChI is InChI=1S/C15H10ClNO/c16-12-7-6-11-8-14(10-4-2-1-3-5-10)17-15(18)13(11)9-12/h1-9H,(H,17,18). The number of H-pyrrole nitrogens is 1. The van der Waals surface area contributed by atoms with E-state index in [0.29, 0.717) is 10.4 Å². The fourth-order valence-electron chi connectivity index (χ4n) is 2.01. The monoisotopic (exact) mass is 255 g/mol. The summed E-state index contributed by atoms with van der Waals surface area (Å²) in [5, 5.41) is 2.07. The van der Waals surface area contributed by atoms with E-state index in [2.05, 4.69) is 4.98 Å². The molecule has 0 aliphatic carbocycles. The lowest BCUT2D eigenvalue weighted by atomic mass is 10.1. The molecule has 1 heterocycles. The van der Waals surface area contributed by atoms with Crippen LogP contribution in [0, 0.1) is 0 Å². The lowest BCUT2D eigenvalue weighted by molar-refractivity contribution is 1.28. The van der Waals surface area contributed by atoms with E-state index in [1.165, 1.54) is 0 Å². The van der Waals surface area contributed by atoms with Gasteiger partial charge in [0.2, 0.25) is 0 Å². The van der Waals surface area contributed by atoms with E-state index in [-0.39, 0.29) is 5.56 Å². The Bertz CT molecular complexity index is 762. The molecular formula is C15H10ClNO. The maximum absolute atomic E-state index is 12.0. The fraction of sp³-hybridized carbons (Fsp3) is 0. The summed E-state index contributed by atoms with van der Waals surface area (Å²) >= 11 is 5.89. The summed E-state index contributed by atoms with van der Waals surface area (Å²) < 4.78 is 0. The summed E-state index contributed by atoms with van der Waals surface area (Å²) in [5.41, 5.74) is 1.69. The van der Waals surface area contributed by atoms with E-state index in [1.807, 2.05) is 42.5 Å². The number of fused-ring (bicyclic) bond motifs is 1. The van der Waals surface area contributed by atoms with Gasteiger partial charge in [-0.15, -0.1) is 0 Å². The Morgan fingerprint density at radius 3 is 2.50 bits per heavy atom. The normalized spacial score (nSPS) is 10.7. The molecule has 0 amide bonds. The van der Waals surface area contributed by atoms with Crippen LogP contribution in [0.2, 0.25) is 5.02 Å². The zero-order valence-electron chi connectivity index (χ0n) is 9.48. The van der Waals surface area contributed by atoms with Gasteiger partial charge in [0.15, 0.2) is 0 Å². The van der Waals surface area contributed by atoms with Crippen LogP contribution >= 0.6 is 11.6 Å². The molecule has 0 fully saturated rings. The van der Waals surface area contributed by atoms with Crippen LogP contribution in [-0.4, -0.2) is 4.98 Å². The smallest absolute Gasteiger partial charge is 0.256 e. The summed E-state index contributed by atoms with van der Waals surface area (Å²) in [6.07, 6.45) is 0. The number of aromatic nitrogens is 1. The molecule has 0 saturated heterocycles. The summed E-state index contributed by atoms with van der Waals surface area (Å²) in [6, 6.07) is 17.1. The van der Waals surface area contributed by atoms with Crippen molar-refractivity contribution in [3.63, 3.8) is 0 Å². The minimum Gasteiger partial charge on any atom is -0.321 e. The molecule has 88 valence electrons. The first-order valence-corrected chi connectivity index (χ1v) is 6.00. The number of halogens is 1. The highest BCUT2D eigenvalue weighted by Gasteiger charge is 2.04. The molecule has 0 bridgehead atoms. The van der Waals surface area contributed by atoms with E-state index in [9.17, 15) is 4.79 Å². The van der Waals surface area contributed by atoms with Crippen molar-refractivity contribution in [2.45, 2.75) is 0 Å². The highest BCUT2D eigenvalue weighted by molar-refractivity contribution is 6.31. The van der Waals surface area contributed by atoms with Gasteiger partial charge < -0.3 is 4.98 Å². The number of pyridine rings is 1. The van der Waals surface area contributed by atoms with Crippen molar-refractivity contribution in [2.75, 3.05) is 0 Å². The van der Waals surface area contributed by atoms with Gasteiger partial charge in [0, 0.05) is 16.1 Å². The van der Waals surface area contributed by atoms with E-state index in [0.717, 1.165) is 16.6 Å². The summed E-state index contributed by atoms with van der Waals surface area (Å²) in [4.78, 5) is 14.9. The summed E-state index contributed by atoms with van der Waals surface area (Å²) in [6.45, 7) is 0. The molecule has 1 aromatic heterocycles. The second-order valence-electron chi connectivity index (χ2n) is 4.11. The second kappa shape index (κ2) is 4.31. The van der Waals surface area contributed by atoms with Crippen molar-refractivity contribution in [2.24, 2.45) is 0 Å². The molecule has 1 N–H and O–H groups in total. The maximum atomic E-state index is 12.0. The van der Waals surface area contributed by atoms with Crippen molar-refractivity contribution < 1.29 is 0 Å². The summed E-state index contributed by atoms with van der Waals surface area (Å²) in [7, 11) is 0. The Balaban J connectivity index is 2.29. The number of benzene rings is 2. The Hall–Kier alpha value is -2.06. The van der Waals surface area contributed by atoms with Gasteiger partial charge in [-0.05, 0) is 29.1 Å². The molecule has 0 atom stereocenters. The van der Waals surface area contributed by atoms with Crippen molar-refractivity contribution in [1.29, 1.82) is 0 Å². The largest absolute Gasteiger partial charge is 0.321 e. The molecule has 2 nitrogen and oxygen atoms in total. The van der Waals surface area contributed by atoms with Gasteiger partial charge in [0.05, 0.1) is 0 Å². The number of aromatic amines is 1. The van der Waals surface area contributed by atoms with Crippen LogP contribution in [-0.2, 0) is 0 Å². The fourth-order valence-corrected chi connectivity index (χ4v) is 2.18. The SMILES string of the molecule is O=c1[nH]c(-c2ccccc2)cc2ccc(Cl)cc12. The maximum Gasteiger partial charge on any atom is 0.256 e. The van der Waals surface area contributed by atoms with Crippen molar-refractivity contribution in [3.05, 3.63) is 70.0 Å². The number of rotatable bonds is 1. The van der Waals surface area contributed by atoms with Gasteiger partial charge in [-0.2, -0.15) is 0 Å². The second-order valence-corrected chi connectivity index (χ2v) is 4.55. The zero-order valence-corrected chi connectivity index (χ0v) is 10.2. The zero-order chi connectivity index (χ0) is 12.5. The topological polar surface area (TPSA) is 32.9 Å². The molecule has 0 radical (unpaired) electrons. The molecular weight excluding hydrogens is 246 g/mol. The van der Waals surface area contributed by atoms with Gasteiger partial charge in [-0.25, -0.2) is 0 Å². The lowest BCUT2D eigenvalue weighted by Crippen LogP contribution is -2.07. The molecule has 0 aliphatic heterocycles. The molecule has 0 unspecified atom stereocenters. The van der Waals surface area contributed by atoms with Crippen LogP contribution in [0.1, 0.15) is 0 Å². The molecule has 18 heavy (non-hydrogen) atoms. The van der Waals surface area contributed by atoms with Gasteiger partial charge in [-0.1, -0.05) is 48.0 Å². The molecule has 3 heteroatoms. The Kier molecular flexibility index (Phi) is 2.65. The third kappa shape index (κ3) is 1.91. The molecule has 0 aliphatic rings. The summed E-state index contributed by atoms with van der Waals surface area (Å²) in [5.74, 6) is 0. The van der Waals surface area contributed by atoms with Gasteiger partial charge >= 0.3 is 0 Å². The highest BCUT2D eigenvalue weighted by atomic mass is 35.5. The van der Waals surface area contributed by atoms with Gasteiger partial charge in [-0.3, -0.25) is 4.79 Å². The Morgan fingerprint density at radius 2 is 1.72 bits per heavy atom. The molecule has 0 saturated carbocycles. The first-order valence-electron chi connectivity index (χ1n) is 5.62. The van der Waals surface area contributed by atoms with E-state index in [4.69, 9.17) is 11.6 Å². The predicted octanol–water partition coefficient (Wildman–Crippen LogP) is 3.85. The predicted molar refractivity (Wildman–Crippen MR) is 75.0 cm³/mol. The van der Waals surface area contributed by atoms with Crippen LogP contribution in [0.5, 0.6) is 0 Å². The number of hydrogen-bond acceptors (Lipinski definition) is 1. The molecule has 3 rings (SSSR count). The van der Waals surface area contributed by atoms with Crippen LogP contribution in [0.15, 0.2) is 59.4 Å². The van der Waals surface area contributed by atoms with Crippen LogP contribution in [0.4, 0.5) is 0 Å². The quantitative estimate of drug-likeness (QED) is 0.704. The molecule has 3 aromatic rings. The number of hydrogen-bond donors (Lipinski definition) is 1. The third-order valence-corrected chi connectivity index (χ3v) is 3.13. The van der Waals surface area contributed by atoms with E-state index >= 15 is 0 Å². The van der Waals surface area contributed by atoms with Crippen LogP contribution in [0.25, 0.3) is 22.0 Å². The van der Waals surface area contributed by atoms with Crippen molar-refractivity contribution in [3.8, 4) is 11.3 Å². The minimum absolute atomic E-state index is 0.117. The van der Waals surface area contributed by atoms with Crippen LogP contribution in [0.3, 0.4) is 0 Å². The average molecular weight is 256 g/mol. The van der Waals surface area contributed by atoms with Gasteiger partial charge in [0.1, 0.15) is 0 Å². The lowest BCUT2D eigenvalue weighted by Gasteiger charge is -2.04. The first kappa shape index (κ1) is 11.1. The van der Waals surface area contributed by atoms with Gasteiger partial charge in [0.25, 0.3) is 5.56 Å². The average Bonchev–Trinajstić information content (AvgIpc) is 2.40. The Morgan fingerprint density at radius 1 is 0.944 bits per heavy atom. The minimum atomic E-state index is -0.117. The number of nitrogens with one attached hydrogen (secondary N) is 1. The third-order valence-electron chi connectivity index (χ3n) is 2.89. The molecule has 0 spiro atoms. The van der Waals surface area contributed by atoms with E-state index in [1.54, 1.807) is 12.1 Å². The molecule has 2 aromatic carbocycles. The van der Waals surface area contributed by atoms with Crippen molar-refractivity contribution in [1.82, 2.24) is 4.98 Å². The highest BCUT2D eigenvalue weighted by Crippen LogP contribution is 2.21. The Labute approximate surface area is 109 Å². The van der Waals surface area contributed by atoms with Crippen LogP contribution < -0.4 is 5.56 Å².